The second-order valence-electron chi connectivity index (χ2n) is 4.02. The third-order valence-electron chi connectivity index (χ3n) is 1.86. The van der Waals surface area contributed by atoms with E-state index in [4.69, 9.17) is 13.0 Å². The van der Waals surface area contributed by atoms with E-state index in [9.17, 15) is 13.2 Å². The lowest BCUT2D eigenvalue weighted by molar-refractivity contribution is -0.678. The molecule has 1 rings (SSSR count). The first-order chi connectivity index (χ1) is 7.95. The van der Waals surface area contributed by atoms with Crippen LogP contribution in [0.3, 0.4) is 0 Å². The SMILES string of the molecule is CC(C)Cc1[nH]cc[n+]1C.O=S(=O)([O-])C(F)(F)F. The Morgan fingerprint density at radius 3 is 2.11 bits per heavy atom. The zero-order chi connectivity index (χ0) is 14.6. The van der Waals surface area contributed by atoms with Crippen LogP contribution in [0.2, 0.25) is 0 Å². The molecule has 0 saturated heterocycles. The molecule has 0 aliphatic carbocycles. The predicted molar refractivity (Wildman–Crippen MR) is 56.3 cm³/mol. The van der Waals surface area contributed by atoms with Gasteiger partial charge in [-0.3, -0.25) is 0 Å². The Bertz CT molecular complexity index is 466. The molecule has 0 saturated carbocycles. The summed E-state index contributed by atoms with van der Waals surface area (Å²) in [5.41, 5.74) is -5.65. The van der Waals surface area contributed by atoms with Crippen LogP contribution in [0, 0.1) is 5.92 Å². The zero-order valence-corrected chi connectivity index (χ0v) is 11.0. The summed E-state index contributed by atoms with van der Waals surface area (Å²) in [4.78, 5) is 3.20. The molecule has 0 bridgehead atoms. The number of aromatic nitrogens is 2. The van der Waals surface area contributed by atoms with Gasteiger partial charge in [0.15, 0.2) is 10.1 Å². The van der Waals surface area contributed by atoms with Crippen LogP contribution in [0.1, 0.15) is 19.7 Å². The molecule has 0 atom stereocenters. The quantitative estimate of drug-likeness (QED) is 0.503. The van der Waals surface area contributed by atoms with Crippen molar-refractivity contribution in [2.45, 2.75) is 25.8 Å². The number of imidazole rings is 1. The van der Waals surface area contributed by atoms with Gasteiger partial charge < -0.3 is 4.55 Å². The second kappa shape index (κ2) is 6.19. The van der Waals surface area contributed by atoms with Crippen LogP contribution < -0.4 is 4.57 Å². The molecule has 0 spiro atoms. The van der Waals surface area contributed by atoms with E-state index in [1.807, 2.05) is 12.4 Å². The summed E-state index contributed by atoms with van der Waals surface area (Å²) < 4.78 is 61.0. The van der Waals surface area contributed by atoms with Crippen LogP contribution in [0.15, 0.2) is 12.4 Å². The minimum absolute atomic E-state index is 0.727. The second-order valence-corrected chi connectivity index (χ2v) is 5.39. The molecule has 0 amide bonds. The van der Waals surface area contributed by atoms with Gasteiger partial charge in [0.1, 0.15) is 12.4 Å². The molecule has 1 aromatic rings. The number of nitrogens with zero attached hydrogens (tertiary/aromatic N) is 1. The summed E-state index contributed by atoms with van der Waals surface area (Å²) in [6.45, 7) is 4.45. The van der Waals surface area contributed by atoms with Gasteiger partial charge in [-0.2, -0.15) is 13.2 Å². The Kier molecular flexibility index (Phi) is 5.81. The van der Waals surface area contributed by atoms with Gasteiger partial charge in [0.05, 0.1) is 13.5 Å². The lowest BCUT2D eigenvalue weighted by Crippen LogP contribution is -2.31. The maximum atomic E-state index is 10.7. The van der Waals surface area contributed by atoms with E-state index in [0.29, 0.717) is 0 Å². The van der Waals surface area contributed by atoms with E-state index in [1.54, 1.807) is 0 Å². The fraction of sp³-hybridized carbons (Fsp3) is 0.667. The third-order valence-corrected chi connectivity index (χ3v) is 2.43. The number of nitrogens with one attached hydrogen (secondary N) is 1. The van der Waals surface area contributed by atoms with E-state index in [1.165, 1.54) is 5.82 Å². The number of aromatic amines is 1. The smallest absolute Gasteiger partial charge is 0.485 e. The van der Waals surface area contributed by atoms with Crippen molar-refractivity contribution in [2.75, 3.05) is 0 Å². The summed E-state index contributed by atoms with van der Waals surface area (Å²) in [6.07, 6.45) is 5.14. The third kappa shape index (κ3) is 6.01. The number of alkyl halides is 3. The molecule has 5 nitrogen and oxygen atoms in total. The molecule has 0 aliphatic heterocycles. The Balaban J connectivity index is 0.000000331. The Hall–Kier alpha value is -1.09. The Morgan fingerprint density at radius 1 is 1.44 bits per heavy atom. The normalized spacial score (nSPS) is 12.2. The molecule has 1 heterocycles. The van der Waals surface area contributed by atoms with Crippen molar-refractivity contribution in [1.29, 1.82) is 0 Å². The fourth-order valence-corrected chi connectivity index (χ4v) is 1.03. The Labute approximate surface area is 103 Å². The molecule has 1 aromatic heterocycles. The molecule has 0 unspecified atom stereocenters. The Morgan fingerprint density at radius 2 is 1.89 bits per heavy atom. The number of rotatable bonds is 2. The molecular formula is C9H15F3N2O3S. The fourth-order valence-electron chi connectivity index (χ4n) is 1.03. The van der Waals surface area contributed by atoms with Crippen LogP contribution >= 0.6 is 0 Å². The minimum Gasteiger partial charge on any atom is -0.741 e. The maximum Gasteiger partial charge on any atom is 0.485 e. The van der Waals surface area contributed by atoms with Crippen LogP contribution in [-0.4, -0.2) is 23.5 Å². The lowest BCUT2D eigenvalue weighted by Gasteiger charge is -2.08. The first kappa shape index (κ1) is 16.9. The van der Waals surface area contributed by atoms with E-state index in [0.717, 1.165) is 12.3 Å². The van der Waals surface area contributed by atoms with E-state index in [-0.39, 0.29) is 0 Å². The molecule has 0 fully saturated rings. The summed E-state index contributed by atoms with van der Waals surface area (Å²) in [5, 5.41) is 0. The van der Waals surface area contributed by atoms with Crippen molar-refractivity contribution < 1.29 is 30.7 Å². The summed E-state index contributed by atoms with van der Waals surface area (Å²) in [7, 11) is -4.03. The van der Waals surface area contributed by atoms with Gasteiger partial charge in [0.2, 0.25) is 0 Å². The van der Waals surface area contributed by atoms with Crippen molar-refractivity contribution in [1.82, 2.24) is 4.98 Å². The molecule has 18 heavy (non-hydrogen) atoms. The standard InChI is InChI=1S/C8H14N2.CHF3O3S/c1-7(2)6-8-9-4-5-10(8)3;2-1(3,4)8(5,6)7/h4-5,7H,6H2,1-3H3;(H,5,6,7). The summed E-state index contributed by atoms with van der Waals surface area (Å²) >= 11 is 0. The van der Waals surface area contributed by atoms with E-state index in [2.05, 4.69) is 30.4 Å². The summed E-state index contributed by atoms with van der Waals surface area (Å²) in [6, 6.07) is 0. The number of hydrogen-bond donors (Lipinski definition) is 1. The average molecular weight is 288 g/mol. The van der Waals surface area contributed by atoms with E-state index < -0.39 is 15.6 Å². The van der Waals surface area contributed by atoms with Crippen molar-refractivity contribution in [3.63, 3.8) is 0 Å². The lowest BCUT2D eigenvalue weighted by atomic mass is 10.1. The van der Waals surface area contributed by atoms with Gasteiger partial charge in [0.25, 0.3) is 5.82 Å². The molecular weight excluding hydrogens is 273 g/mol. The molecule has 0 radical (unpaired) electrons. The van der Waals surface area contributed by atoms with E-state index >= 15 is 0 Å². The topological polar surface area (TPSA) is 76.9 Å². The number of aryl methyl sites for hydroxylation is 1. The molecule has 9 heteroatoms. The largest absolute Gasteiger partial charge is 0.741 e. The zero-order valence-electron chi connectivity index (χ0n) is 10.2. The van der Waals surface area contributed by atoms with Gasteiger partial charge in [-0.05, 0) is 5.92 Å². The average Bonchev–Trinajstić information content (AvgIpc) is 2.48. The highest BCUT2D eigenvalue weighted by Crippen LogP contribution is 2.20. The van der Waals surface area contributed by atoms with Gasteiger partial charge in [-0.1, -0.05) is 13.8 Å². The highest BCUT2D eigenvalue weighted by molar-refractivity contribution is 7.86. The minimum atomic E-state index is -6.09. The van der Waals surface area contributed by atoms with Crippen molar-refractivity contribution >= 4 is 10.1 Å². The molecule has 0 aromatic carbocycles. The molecule has 106 valence electrons. The number of H-pyrrole nitrogens is 1. The van der Waals surface area contributed by atoms with Gasteiger partial charge >= 0.3 is 5.51 Å². The number of hydrogen-bond acceptors (Lipinski definition) is 3. The number of halogens is 3. The molecule has 0 aliphatic rings. The van der Waals surface area contributed by atoms with Gasteiger partial charge in [0, 0.05) is 0 Å². The van der Waals surface area contributed by atoms with Crippen LogP contribution in [0.4, 0.5) is 13.2 Å². The van der Waals surface area contributed by atoms with Crippen LogP contribution in [0.25, 0.3) is 0 Å². The highest BCUT2D eigenvalue weighted by Gasteiger charge is 2.36. The van der Waals surface area contributed by atoms with Crippen molar-refractivity contribution in [2.24, 2.45) is 13.0 Å². The van der Waals surface area contributed by atoms with Crippen molar-refractivity contribution in [3.05, 3.63) is 18.2 Å². The van der Waals surface area contributed by atoms with Gasteiger partial charge in [-0.25, -0.2) is 18.0 Å². The summed E-state index contributed by atoms with van der Waals surface area (Å²) in [5.74, 6) is 2.03. The first-order valence-electron chi connectivity index (χ1n) is 4.99. The van der Waals surface area contributed by atoms with Gasteiger partial charge in [-0.15, -0.1) is 0 Å². The first-order valence-corrected chi connectivity index (χ1v) is 6.40. The van der Waals surface area contributed by atoms with Crippen molar-refractivity contribution in [3.8, 4) is 0 Å². The highest BCUT2D eigenvalue weighted by atomic mass is 32.2. The monoisotopic (exact) mass is 288 g/mol. The van der Waals surface area contributed by atoms with Crippen LogP contribution in [-0.2, 0) is 23.6 Å². The van der Waals surface area contributed by atoms with Crippen LogP contribution in [0.5, 0.6) is 0 Å². The maximum absolute atomic E-state index is 10.7. The predicted octanol–water partition coefficient (Wildman–Crippen LogP) is 1.09. The molecule has 1 N–H and O–H groups in total.